The van der Waals surface area contributed by atoms with Gasteiger partial charge in [-0.3, -0.25) is 10.1 Å². The van der Waals surface area contributed by atoms with Crippen molar-refractivity contribution in [2.24, 2.45) is 0 Å². The van der Waals surface area contributed by atoms with Crippen molar-refractivity contribution < 1.29 is 19.1 Å². The minimum absolute atomic E-state index is 0.191. The summed E-state index contributed by atoms with van der Waals surface area (Å²) in [5.74, 6) is -1.14. The number of carbonyl (C=O) groups excluding carboxylic acids is 1. The van der Waals surface area contributed by atoms with Crippen molar-refractivity contribution in [2.75, 3.05) is 10.6 Å². The molecule has 0 saturated carbocycles. The predicted octanol–water partition coefficient (Wildman–Crippen LogP) is 5.73. The molecule has 8 nitrogen and oxygen atoms in total. The highest BCUT2D eigenvalue weighted by molar-refractivity contribution is 6.44. The summed E-state index contributed by atoms with van der Waals surface area (Å²) in [7, 11) is 0. The molecule has 3 aromatic carbocycles. The van der Waals surface area contributed by atoms with E-state index in [0.717, 1.165) is 11.1 Å². The summed E-state index contributed by atoms with van der Waals surface area (Å²) in [6.45, 7) is 0.417. The van der Waals surface area contributed by atoms with Crippen molar-refractivity contribution in [3.63, 3.8) is 0 Å². The van der Waals surface area contributed by atoms with Gasteiger partial charge in [-0.2, -0.15) is 5.10 Å². The molecular formula is C26H20Cl2FN5O3. The van der Waals surface area contributed by atoms with E-state index < -0.39 is 23.9 Å². The first-order valence-corrected chi connectivity index (χ1v) is 12.0. The largest absolute Gasteiger partial charge is 0.480 e. The fraction of sp³-hybridized carbons (Fsp3) is 0.115. The Hall–Kier alpha value is -3.92. The summed E-state index contributed by atoms with van der Waals surface area (Å²) >= 11 is 12.2. The zero-order valence-corrected chi connectivity index (χ0v) is 20.6. The third-order valence-electron chi connectivity index (χ3n) is 6.00. The Morgan fingerprint density at radius 3 is 2.62 bits per heavy atom. The molecule has 2 amide bonds. The van der Waals surface area contributed by atoms with Crippen LogP contribution in [0.5, 0.6) is 0 Å². The quantitative estimate of drug-likeness (QED) is 0.259. The maximum atomic E-state index is 14.6. The van der Waals surface area contributed by atoms with E-state index in [0.29, 0.717) is 23.6 Å². The van der Waals surface area contributed by atoms with Gasteiger partial charge in [0.15, 0.2) is 0 Å². The second kappa shape index (κ2) is 10.2. The average Bonchev–Trinajstić information content (AvgIpc) is 3.29. The van der Waals surface area contributed by atoms with Crippen LogP contribution in [0.1, 0.15) is 11.1 Å². The molecule has 1 aliphatic heterocycles. The van der Waals surface area contributed by atoms with Crippen molar-refractivity contribution in [3.8, 4) is 16.9 Å². The molecule has 11 heteroatoms. The van der Waals surface area contributed by atoms with Crippen molar-refractivity contribution in [3.05, 3.63) is 93.7 Å². The molecule has 4 aromatic rings. The van der Waals surface area contributed by atoms with E-state index in [9.17, 15) is 19.1 Å². The lowest BCUT2D eigenvalue weighted by atomic mass is 9.95. The molecule has 1 unspecified atom stereocenters. The van der Waals surface area contributed by atoms with E-state index in [2.05, 4.69) is 21.0 Å². The predicted molar refractivity (Wildman–Crippen MR) is 140 cm³/mol. The molecule has 1 atom stereocenters. The number of halogens is 3. The first kappa shape index (κ1) is 24.8. The van der Waals surface area contributed by atoms with Gasteiger partial charge in [-0.1, -0.05) is 47.5 Å². The second-order valence-electron chi connectivity index (χ2n) is 8.42. The van der Waals surface area contributed by atoms with Crippen LogP contribution >= 0.6 is 23.2 Å². The van der Waals surface area contributed by atoms with Crippen molar-refractivity contribution in [1.29, 1.82) is 0 Å². The smallest absolute Gasteiger partial charge is 0.324 e. The number of carbonyl (C=O) groups is 2. The van der Waals surface area contributed by atoms with Gasteiger partial charge < -0.3 is 15.7 Å². The molecule has 188 valence electrons. The van der Waals surface area contributed by atoms with Crippen LogP contribution in [-0.4, -0.2) is 32.9 Å². The van der Waals surface area contributed by atoms with Crippen LogP contribution in [0.25, 0.3) is 16.9 Å². The fourth-order valence-corrected chi connectivity index (χ4v) is 4.49. The molecule has 0 radical (unpaired) electrons. The van der Waals surface area contributed by atoms with Crippen LogP contribution in [0.15, 0.2) is 66.7 Å². The number of hydrogen-bond donors (Lipinski definition) is 4. The maximum Gasteiger partial charge on any atom is 0.324 e. The number of benzene rings is 3. The molecule has 0 fully saturated rings. The summed E-state index contributed by atoms with van der Waals surface area (Å²) in [5.41, 5.74) is 3.25. The number of urea groups is 1. The number of hydrogen-bond acceptors (Lipinski definition) is 4. The average molecular weight is 540 g/mol. The SMILES string of the molecule is O=C(Nc1cccc(Cl)c1Cl)Nc1cc(-c2ccccc2F)nn1-c1ccc2c(c1)CC(C(=O)O)NC2. The molecule has 37 heavy (non-hydrogen) atoms. The van der Waals surface area contributed by atoms with Gasteiger partial charge in [0.1, 0.15) is 17.7 Å². The Morgan fingerprint density at radius 1 is 1.03 bits per heavy atom. The fourth-order valence-electron chi connectivity index (χ4n) is 4.14. The van der Waals surface area contributed by atoms with Gasteiger partial charge in [0.2, 0.25) is 0 Å². The van der Waals surface area contributed by atoms with E-state index in [1.165, 1.54) is 10.7 Å². The number of fused-ring (bicyclic) bond motifs is 1. The third kappa shape index (κ3) is 5.15. The minimum atomic E-state index is -0.935. The van der Waals surface area contributed by atoms with Crippen LogP contribution in [0.4, 0.5) is 20.7 Å². The van der Waals surface area contributed by atoms with E-state index >= 15 is 0 Å². The Balaban J connectivity index is 1.52. The molecule has 1 aliphatic rings. The van der Waals surface area contributed by atoms with Crippen molar-refractivity contribution in [2.45, 2.75) is 19.0 Å². The van der Waals surface area contributed by atoms with Gasteiger partial charge in [0.05, 0.1) is 27.1 Å². The van der Waals surface area contributed by atoms with Gasteiger partial charge in [-0.15, -0.1) is 0 Å². The number of nitrogens with zero attached hydrogens (tertiary/aromatic N) is 2. The van der Waals surface area contributed by atoms with Gasteiger partial charge in [0.25, 0.3) is 0 Å². The summed E-state index contributed by atoms with van der Waals surface area (Å²) in [5, 5.41) is 22.8. The van der Waals surface area contributed by atoms with Crippen LogP contribution < -0.4 is 16.0 Å². The lowest BCUT2D eigenvalue weighted by Crippen LogP contribution is -2.41. The Labute approximate surface area is 221 Å². The van der Waals surface area contributed by atoms with Crippen LogP contribution in [-0.2, 0) is 17.8 Å². The number of aromatic nitrogens is 2. The molecule has 4 N–H and O–H groups in total. The van der Waals surface area contributed by atoms with Crippen LogP contribution in [0.3, 0.4) is 0 Å². The monoisotopic (exact) mass is 539 g/mol. The topological polar surface area (TPSA) is 108 Å². The molecule has 2 heterocycles. The Kier molecular flexibility index (Phi) is 6.84. The van der Waals surface area contributed by atoms with Gasteiger partial charge in [-0.25, -0.2) is 13.9 Å². The number of carboxylic acid groups (broad SMARTS) is 1. The number of amides is 2. The highest BCUT2D eigenvalue weighted by Gasteiger charge is 2.24. The molecule has 0 aliphatic carbocycles. The van der Waals surface area contributed by atoms with E-state index in [1.807, 2.05) is 12.1 Å². The van der Waals surface area contributed by atoms with Gasteiger partial charge in [0, 0.05) is 18.2 Å². The molecule has 0 saturated heterocycles. The minimum Gasteiger partial charge on any atom is -0.480 e. The van der Waals surface area contributed by atoms with Crippen molar-refractivity contribution >= 4 is 46.7 Å². The van der Waals surface area contributed by atoms with Gasteiger partial charge >= 0.3 is 12.0 Å². The zero-order chi connectivity index (χ0) is 26.1. The highest BCUT2D eigenvalue weighted by atomic mass is 35.5. The van der Waals surface area contributed by atoms with Crippen LogP contribution in [0, 0.1) is 5.82 Å². The maximum absolute atomic E-state index is 14.6. The number of carboxylic acids is 1. The Morgan fingerprint density at radius 2 is 1.84 bits per heavy atom. The molecule has 0 bridgehead atoms. The first-order valence-electron chi connectivity index (χ1n) is 11.3. The summed E-state index contributed by atoms with van der Waals surface area (Å²) in [4.78, 5) is 24.4. The number of nitrogens with one attached hydrogen (secondary N) is 3. The number of rotatable bonds is 5. The summed E-state index contributed by atoms with van der Waals surface area (Å²) in [6.07, 6.45) is 0.288. The lowest BCUT2D eigenvalue weighted by Gasteiger charge is -2.23. The molecule has 1 aromatic heterocycles. The Bertz CT molecular complexity index is 1520. The third-order valence-corrected chi connectivity index (χ3v) is 6.81. The van der Waals surface area contributed by atoms with E-state index in [4.69, 9.17) is 23.2 Å². The van der Waals surface area contributed by atoms with Crippen LogP contribution in [0.2, 0.25) is 10.0 Å². The summed E-state index contributed by atoms with van der Waals surface area (Å²) in [6, 6.07) is 16.8. The normalized spacial score (nSPS) is 14.6. The van der Waals surface area contributed by atoms with Crippen molar-refractivity contribution in [1.82, 2.24) is 15.1 Å². The second-order valence-corrected chi connectivity index (χ2v) is 9.20. The number of anilines is 2. The van der Waals surface area contributed by atoms with E-state index in [1.54, 1.807) is 48.5 Å². The van der Waals surface area contributed by atoms with E-state index in [-0.39, 0.29) is 27.8 Å². The molecule has 5 rings (SSSR count). The lowest BCUT2D eigenvalue weighted by molar-refractivity contribution is -0.139. The summed E-state index contributed by atoms with van der Waals surface area (Å²) < 4.78 is 16.0. The number of aliphatic carboxylic acids is 1. The van der Waals surface area contributed by atoms with Gasteiger partial charge in [-0.05, 0) is 53.9 Å². The zero-order valence-electron chi connectivity index (χ0n) is 19.1. The highest BCUT2D eigenvalue weighted by Crippen LogP contribution is 2.31. The molecular weight excluding hydrogens is 520 g/mol. The molecule has 0 spiro atoms. The first-order chi connectivity index (χ1) is 17.8. The standard InChI is InChI=1S/C26H20Cl2FN5O3/c27-18-5-3-7-20(24(18)28)31-26(37)32-23-12-21(17-4-1-2-6-19(17)29)33-34(23)16-9-8-14-13-30-22(25(35)36)11-15(14)10-16/h1-10,12,22,30H,11,13H2,(H,35,36)(H2,31,32,37).